The van der Waals surface area contributed by atoms with E-state index < -0.39 is 0 Å². The lowest BCUT2D eigenvalue weighted by molar-refractivity contribution is 0.0705. The minimum absolute atomic E-state index is 0.137. The van der Waals surface area contributed by atoms with Crippen LogP contribution in [0.3, 0.4) is 0 Å². The summed E-state index contributed by atoms with van der Waals surface area (Å²) in [6.07, 6.45) is 3.34. The lowest BCUT2D eigenvalue weighted by Gasteiger charge is -2.25. The average molecular weight is 263 g/mol. The van der Waals surface area contributed by atoms with Crippen LogP contribution in [0.15, 0.2) is 0 Å². The summed E-state index contributed by atoms with van der Waals surface area (Å²) in [5, 5.41) is 7.04. The minimum atomic E-state index is 0.137. The van der Waals surface area contributed by atoms with Crippen molar-refractivity contribution in [2.24, 2.45) is 5.92 Å². The summed E-state index contributed by atoms with van der Waals surface area (Å²) in [7, 11) is 0. The number of rotatable bonds is 4. The predicted molar refractivity (Wildman–Crippen MR) is 71.0 cm³/mol. The van der Waals surface area contributed by atoms with Crippen LogP contribution in [0.5, 0.6) is 0 Å². The quantitative estimate of drug-likeness (QED) is 0.899. The smallest absolute Gasteiger partial charge is 0.257 e. The van der Waals surface area contributed by atoms with Crippen LogP contribution in [0.25, 0.3) is 0 Å². The molecule has 0 bridgehead atoms. The first kappa shape index (κ1) is 12.7. The van der Waals surface area contributed by atoms with E-state index >= 15 is 0 Å². The highest BCUT2D eigenvalue weighted by Crippen LogP contribution is 2.31. The van der Waals surface area contributed by atoms with Crippen molar-refractivity contribution in [3.8, 4) is 0 Å². The molecule has 0 spiro atoms. The number of ether oxygens (including phenoxy) is 1. The Bertz CT molecular complexity index is 454. The largest absolute Gasteiger partial charge is 0.381 e. The highest BCUT2D eigenvalue weighted by Gasteiger charge is 2.36. The van der Waals surface area contributed by atoms with Crippen molar-refractivity contribution >= 4 is 5.91 Å². The van der Waals surface area contributed by atoms with Crippen molar-refractivity contribution in [3.05, 3.63) is 17.0 Å². The maximum atomic E-state index is 12.7. The van der Waals surface area contributed by atoms with E-state index in [2.05, 4.69) is 10.2 Å². The van der Waals surface area contributed by atoms with Gasteiger partial charge in [0.15, 0.2) is 0 Å². The van der Waals surface area contributed by atoms with E-state index in [1.54, 1.807) is 0 Å². The maximum absolute atomic E-state index is 12.7. The molecule has 1 aliphatic carbocycles. The van der Waals surface area contributed by atoms with Gasteiger partial charge in [-0.25, -0.2) is 0 Å². The van der Waals surface area contributed by atoms with E-state index in [4.69, 9.17) is 4.74 Å². The highest BCUT2D eigenvalue weighted by molar-refractivity contribution is 5.96. The van der Waals surface area contributed by atoms with Crippen LogP contribution < -0.4 is 0 Å². The topological polar surface area (TPSA) is 58.2 Å². The van der Waals surface area contributed by atoms with Crippen molar-refractivity contribution < 1.29 is 9.53 Å². The normalized spacial score (nSPS) is 22.7. The number of aromatic amines is 1. The van der Waals surface area contributed by atoms with Gasteiger partial charge in [-0.05, 0) is 33.1 Å². The zero-order valence-corrected chi connectivity index (χ0v) is 11.6. The monoisotopic (exact) mass is 263 g/mol. The number of nitrogens with zero attached hydrogens (tertiary/aromatic N) is 2. The Morgan fingerprint density at radius 3 is 2.74 bits per heavy atom. The van der Waals surface area contributed by atoms with Crippen LogP contribution in [-0.4, -0.2) is 46.8 Å². The van der Waals surface area contributed by atoms with E-state index in [9.17, 15) is 4.79 Å². The van der Waals surface area contributed by atoms with Gasteiger partial charge in [-0.15, -0.1) is 0 Å². The van der Waals surface area contributed by atoms with Crippen molar-refractivity contribution in [1.29, 1.82) is 0 Å². The van der Waals surface area contributed by atoms with Crippen LogP contribution in [0.1, 0.15) is 41.0 Å². The summed E-state index contributed by atoms with van der Waals surface area (Å²) in [5.74, 6) is 0.634. The summed E-state index contributed by atoms with van der Waals surface area (Å²) in [4.78, 5) is 14.8. The fourth-order valence-electron chi connectivity index (χ4n) is 2.80. The molecule has 5 nitrogen and oxygen atoms in total. The summed E-state index contributed by atoms with van der Waals surface area (Å²) in [6.45, 7) is 6.26. The van der Waals surface area contributed by atoms with E-state index in [-0.39, 0.29) is 5.91 Å². The number of H-pyrrole nitrogens is 1. The Morgan fingerprint density at radius 1 is 1.42 bits per heavy atom. The Morgan fingerprint density at radius 2 is 2.21 bits per heavy atom. The molecule has 2 aliphatic rings. The zero-order valence-electron chi connectivity index (χ0n) is 11.6. The molecule has 2 heterocycles. The van der Waals surface area contributed by atoms with Crippen LogP contribution in [-0.2, 0) is 4.74 Å². The second-order valence-electron chi connectivity index (χ2n) is 5.73. The van der Waals surface area contributed by atoms with Gasteiger partial charge in [0.2, 0.25) is 0 Å². The van der Waals surface area contributed by atoms with Gasteiger partial charge in [-0.1, -0.05) is 0 Å². The fourth-order valence-corrected chi connectivity index (χ4v) is 2.80. The first-order valence-electron chi connectivity index (χ1n) is 7.07. The summed E-state index contributed by atoms with van der Waals surface area (Å²) in [5.41, 5.74) is 2.43. The molecule has 1 unspecified atom stereocenters. The lowest BCUT2D eigenvalue weighted by Crippen LogP contribution is -2.38. The molecule has 1 atom stereocenters. The third-order valence-corrected chi connectivity index (χ3v) is 4.07. The number of aromatic nitrogens is 2. The van der Waals surface area contributed by atoms with Gasteiger partial charge in [-0.3, -0.25) is 9.89 Å². The van der Waals surface area contributed by atoms with E-state index in [1.807, 2.05) is 18.7 Å². The van der Waals surface area contributed by atoms with Gasteiger partial charge < -0.3 is 9.64 Å². The van der Waals surface area contributed by atoms with Crippen LogP contribution >= 0.6 is 0 Å². The SMILES string of the molecule is Cc1n[nH]c(C)c1C(=O)N(CC1CCOC1)C1CC1. The molecular weight excluding hydrogens is 242 g/mol. The average Bonchev–Trinajstić information content (AvgIpc) is 2.99. The minimum Gasteiger partial charge on any atom is -0.381 e. The number of hydrogen-bond donors (Lipinski definition) is 1. The van der Waals surface area contributed by atoms with Crippen molar-refractivity contribution in [2.45, 2.75) is 39.2 Å². The van der Waals surface area contributed by atoms with Gasteiger partial charge in [-0.2, -0.15) is 5.10 Å². The van der Waals surface area contributed by atoms with Gasteiger partial charge in [0, 0.05) is 30.8 Å². The van der Waals surface area contributed by atoms with Crippen molar-refractivity contribution in [2.75, 3.05) is 19.8 Å². The summed E-state index contributed by atoms with van der Waals surface area (Å²) in [6, 6.07) is 0.432. The Hall–Kier alpha value is -1.36. The first-order valence-corrected chi connectivity index (χ1v) is 7.07. The summed E-state index contributed by atoms with van der Waals surface area (Å²) < 4.78 is 5.42. The Kier molecular flexibility index (Phi) is 3.31. The molecule has 1 aromatic heterocycles. The molecule has 1 saturated heterocycles. The molecule has 104 valence electrons. The van der Waals surface area contributed by atoms with Crippen LogP contribution in [0, 0.1) is 19.8 Å². The first-order chi connectivity index (χ1) is 9.16. The second-order valence-corrected chi connectivity index (χ2v) is 5.73. The van der Waals surface area contributed by atoms with Gasteiger partial charge in [0.1, 0.15) is 0 Å². The third kappa shape index (κ3) is 2.52. The Balaban J connectivity index is 1.77. The number of carbonyl (C=O) groups is 1. The fraction of sp³-hybridized carbons (Fsp3) is 0.714. The molecule has 0 radical (unpaired) electrons. The number of amides is 1. The zero-order chi connectivity index (χ0) is 13.4. The van der Waals surface area contributed by atoms with E-state index in [0.717, 1.165) is 56.0 Å². The predicted octanol–water partition coefficient (Wildman–Crippen LogP) is 1.67. The molecule has 0 aromatic carbocycles. The molecule has 1 aliphatic heterocycles. The van der Waals surface area contributed by atoms with Gasteiger partial charge in [0.05, 0.1) is 17.9 Å². The molecule has 5 heteroatoms. The van der Waals surface area contributed by atoms with Crippen molar-refractivity contribution in [3.63, 3.8) is 0 Å². The molecular formula is C14H21N3O2. The number of carbonyl (C=O) groups excluding carboxylic acids is 1. The van der Waals surface area contributed by atoms with Gasteiger partial charge in [0.25, 0.3) is 5.91 Å². The lowest BCUT2D eigenvalue weighted by atomic mass is 10.1. The number of nitrogens with one attached hydrogen (secondary N) is 1. The van der Waals surface area contributed by atoms with E-state index in [0.29, 0.717) is 12.0 Å². The standard InChI is InChI=1S/C14H21N3O2/c1-9-13(10(2)16-15-9)14(18)17(12-3-4-12)7-11-5-6-19-8-11/h11-12H,3-8H2,1-2H3,(H,15,16). The van der Waals surface area contributed by atoms with Gasteiger partial charge >= 0.3 is 0 Å². The number of aryl methyl sites for hydroxylation is 2. The molecule has 19 heavy (non-hydrogen) atoms. The third-order valence-electron chi connectivity index (χ3n) is 4.07. The second kappa shape index (κ2) is 4.96. The van der Waals surface area contributed by atoms with Crippen LogP contribution in [0.2, 0.25) is 0 Å². The summed E-state index contributed by atoms with van der Waals surface area (Å²) >= 11 is 0. The number of hydrogen-bond acceptors (Lipinski definition) is 3. The maximum Gasteiger partial charge on any atom is 0.257 e. The molecule has 2 fully saturated rings. The highest BCUT2D eigenvalue weighted by atomic mass is 16.5. The molecule has 1 amide bonds. The molecule has 1 N–H and O–H groups in total. The van der Waals surface area contributed by atoms with Crippen molar-refractivity contribution in [1.82, 2.24) is 15.1 Å². The van der Waals surface area contributed by atoms with Crippen LogP contribution in [0.4, 0.5) is 0 Å². The molecule has 1 aromatic rings. The van der Waals surface area contributed by atoms with E-state index in [1.165, 1.54) is 0 Å². The Labute approximate surface area is 113 Å². The molecule has 3 rings (SSSR count). The molecule has 1 saturated carbocycles.